The first-order valence-electron chi connectivity index (χ1n) is 6.97. The van der Waals surface area contributed by atoms with Gasteiger partial charge >= 0.3 is 5.97 Å². The Bertz CT molecular complexity index is 329. The summed E-state index contributed by atoms with van der Waals surface area (Å²) in [7, 11) is 0. The predicted octanol–water partition coefficient (Wildman–Crippen LogP) is -0.0643. The number of carboxylic acid groups (broad SMARTS) is 1. The Kier molecular flexibility index (Phi) is 5.15. The predicted molar refractivity (Wildman–Crippen MR) is 68.7 cm³/mol. The number of nitrogens with one attached hydrogen (secondary N) is 1. The van der Waals surface area contributed by atoms with Crippen LogP contribution in [0.15, 0.2) is 0 Å². The summed E-state index contributed by atoms with van der Waals surface area (Å²) in [6.45, 7) is 3.43. The van der Waals surface area contributed by atoms with E-state index in [-0.39, 0.29) is 17.7 Å². The molecular formula is C13H22N2O4. The van der Waals surface area contributed by atoms with Crippen LogP contribution in [0.25, 0.3) is 0 Å². The molecule has 2 N–H and O–H groups in total. The lowest BCUT2D eigenvalue weighted by molar-refractivity contribution is -0.142. The molecule has 6 nitrogen and oxygen atoms in total. The minimum Gasteiger partial charge on any atom is -0.481 e. The maximum absolute atomic E-state index is 11.9. The molecule has 1 saturated heterocycles. The number of aliphatic carboxylic acids is 1. The van der Waals surface area contributed by atoms with Gasteiger partial charge in [-0.3, -0.25) is 9.59 Å². The van der Waals surface area contributed by atoms with Gasteiger partial charge in [-0.25, -0.2) is 0 Å². The highest BCUT2D eigenvalue weighted by Crippen LogP contribution is 2.31. The maximum atomic E-state index is 11.9. The van der Waals surface area contributed by atoms with Crippen molar-refractivity contribution in [2.45, 2.75) is 19.3 Å². The highest BCUT2D eigenvalue weighted by atomic mass is 16.5. The molecule has 19 heavy (non-hydrogen) atoms. The summed E-state index contributed by atoms with van der Waals surface area (Å²) in [6, 6.07) is 0. The molecule has 6 heteroatoms. The third-order valence-electron chi connectivity index (χ3n) is 4.02. The van der Waals surface area contributed by atoms with E-state index in [2.05, 4.69) is 5.32 Å². The standard InChI is InChI=1S/C13H22N2O4/c16-12(15-4-6-19-7-5-15)9-14-8-10-2-1-3-11(10)13(17)18/h10-11,14H,1-9H2,(H,17,18). The highest BCUT2D eigenvalue weighted by Gasteiger charge is 2.32. The normalized spacial score (nSPS) is 27.5. The van der Waals surface area contributed by atoms with Gasteiger partial charge in [-0.1, -0.05) is 6.42 Å². The van der Waals surface area contributed by atoms with E-state index in [0.29, 0.717) is 39.4 Å². The minimum atomic E-state index is -0.705. The van der Waals surface area contributed by atoms with Crippen molar-refractivity contribution in [1.29, 1.82) is 0 Å². The van der Waals surface area contributed by atoms with Crippen LogP contribution in [0.1, 0.15) is 19.3 Å². The number of nitrogens with zero attached hydrogens (tertiary/aromatic N) is 1. The molecule has 108 valence electrons. The average Bonchev–Trinajstić information content (AvgIpc) is 2.88. The largest absolute Gasteiger partial charge is 0.481 e. The molecule has 1 aliphatic carbocycles. The fraction of sp³-hybridized carbons (Fsp3) is 0.846. The number of carbonyl (C=O) groups is 2. The SMILES string of the molecule is O=C(O)C1CCCC1CNCC(=O)N1CCOCC1. The second kappa shape index (κ2) is 6.86. The zero-order chi connectivity index (χ0) is 13.7. The molecule has 2 rings (SSSR count). The van der Waals surface area contributed by atoms with E-state index in [1.807, 2.05) is 0 Å². The van der Waals surface area contributed by atoms with Gasteiger partial charge in [-0.2, -0.15) is 0 Å². The number of morpholine rings is 1. The number of hydrogen-bond acceptors (Lipinski definition) is 4. The monoisotopic (exact) mass is 270 g/mol. The third kappa shape index (κ3) is 3.91. The van der Waals surface area contributed by atoms with Crippen LogP contribution in [0.5, 0.6) is 0 Å². The van der Waals surface area contributed by atoms with Crippen molar-refractivity contribution in [3.8, 4) is 0 Å². The lowest BCUT2D eigenvalue weighted by atomic mass is 9.96. The molecule has 2 unspecified atom stereocenters. The Morgan fingerprint density at radius 2 is 2.00 bits per heavy atom. The summed E-state index contributed by atoms with van der Waals surface area (Å²) in [5.74, 6) is -0.710. The van der Waals surface area contributed by atoms with Crippen LogP contribution in [0, 0.1) is 11.8 Å². The topological polar surface area (TPSA) is 78.9 Å². The van der Waals surface area contributed by atoms with E-state index in [1.54, 1.807) is 4.90 Å². The zero-order valence-corrected chi connectivity index (χ0v) is 11.1. The minimum absolute atomic E-state index is 0.0770. The Hall–Kier alpha value is -1.14. The number of amides is 1. The van der Waals surface area contributed by atoms with Crippen LogP contribution in [0.2, 0.25) is 0 Å². The second-order valence-electron chi connectivity index (χ2n) is 5.26. The van der Waals surface area contributed by atoms with E-state index in [9.17, 15) is 9.59 Å². The fourth-order valence-corrected chi connectivity index (χ4v) is 2.90. The van der Waals surface area contributed by atoms with Gasteiger partial charge in [0.1, 0.15) is 0 Å². The van der Waals surface area contributed by atoms with Gasteiger partial charge in [0.05, 0.1) is 25.7 Å². The van der Waals surface area contributed by atoms with Crippen LogP contribution in [0.3, 0.4) is 0 Å². The lowest BCUT2D eigenvalue weighted by Crippen LogP contribution is -2.45. The van der Waals surface area contributed by atoms with E-state index in [4.69, 9.17) is 9.84 Å². The van der Waals surface area contributed by atoms with Gasteiger partial charge < -0.3 is 20.1 Å². The Balaban J connectivity index is 1.68. The molecular weight excluding hydrogens is 248 g/mol. The van der Waals surface area contributed by atoms with E-state index in [1.165, 1.54) is 0 Å². The molecule has 0 radical (unpaired) electrons. The van der Waals surface area contributed by atoms with Crippen molar-refractivity contribution < 1.29 is 19.4 Å². The molecule has 1 saturated carbocycles. The third-order valence-corrected chi connectivity index (χ3v) is 4.02. The maximum Gasteiger partial charge on any atom is 0.306 e. The van der Waals surface area contributed by atoms with Crippen molar-refractivity contribution >= 4 is 11.9 Å². The van der Waals surface area contributed by atoms with Crippen LogP contribution < -0.4 is 5.32 Å². The highest BCUT2D eigenvalue weighted by molar-refractivity contribution is 5.78. The van der Waals surface area contributed by atoms with Gasteiger partial charge in [0, 0.05) is 13.1 Å². The first-order valence-corrected chi connectivity index (χ1v) is 6.97. The molecule has 0 aromatic heterocycles. The van der Waals surface area contributed by atoms with Crippen molar-refractivity contribution in [2.75, 3.05) is 39.4 Å². The first kappa shape index (κ1) is 14.3. The number of hydrogen-bond donors (Lipinski definition) is 2. The number of carboxylic acids is 1. The number of ether oxygens (including phenoxy) is 1. The van der Waals surface area contributed by atoms with Crippen LogP contribution >= 0.6 is 0 Å². The second-order valence-corrected chi connectivity index (χ2v) is 5.26. The van der Waals surface area contributed by atoms with Crippen LogP contribution in [-0.2, 0) is 14.3 Å². The molecule has 2 atom stereocenters. The zero-order valence-electron chi connectivity index (χ0n) is 11.1. The Morgan fingerprint density at radius 1 is 1.26 bits per heavy atom. The first-order chi connectivity index (χ1) is 9.18. The van der Waals surface area contributed by atoms with Crippen molar-refractivity contribution in [3.05, 3.63) is 0 Å². The number of rotatable bonds is 5. The lowest BCUT2D eigenvalue weighted by Gasteiger charge is -2.27. The Morgan fingerprint density at radius 3 is 2.68 bits per heavy atom. The van der Waals surface area contributed by atoms with Gasteiger partial charge in [0.2, 0.25) is 5.91 Å². The summed E-state index contributed by atoms with van der Waals surface area (Å²) >= 11 is 0. The van der Waals surface area contributed by atoms with E-state index >= 15 is 0 Å². The summed E-state index contributed by atoms with van der Waals surface area (Å²) in [4.78, 5) is 24.7. The van der Waals surface area contributed by atoms with Crippen molar-refractivity contribution in [3.63, 3.8) is 0 Å². The van der Waals surface area contributed by atoms with Crippen molar-refractivity contribution in [1.82, 2.24) is 10.2 Å². The molecule has 2 aliphatic rings. The van der Waals surface area contributed by atoms with E-state index in [0.717, 1.165) is 19.3 Å². The fourth-order valence-electron chi connectivity index (χ4n) is 2.90. The Labute approximate surface area is 113 Å². The summed E-state index contributed by atoms with van der Waals surface area (Å²) in [5, 5.41) is 12.2. The van der Waals surface area contributed by atoms with Gasteiger partial charge in [0.25, 0.3) is 0 Å². The van der Waals surface area contributed by atoms with E-state index < -0.39 is 5.97 Å². The van der Waals surface area contributed by atoms with Crippen molar-refractivity contribution in [2.24, 2.45) is 11.8 Å². The van der Waals surface area contributed by atoms with Gasteiger partial charge in [-0.15, -0.1) is 0 Å². The van der Waals surface area contributed by atoms with Crippen LogP contribution in [-0.4, -0.2) is 61.3 Å². The van der Waals surface area contributed by atoms with Gasteiger partial charge in [-0.05, 0) is 25.3 Å². The molecule has 0 aromatic rings. The molecule has 0 bridgehead atoms. The molecule has 0 aromatic carbocycles. The molecule has 2 fully saturated rings. The molecule has 1 aliphatic heterocycles. The average molecular weight is 270 g/mol. The smallest absolute Gasteiger partial charge is 0.306 e. The molecule has 1 heterocycles. The quantitative estimate of drug-likeness (QED) is 0.731. The summed E-state index contributed by atoms with van der Waals surface area (Å²) < 4.78 is 5.20. The molecule has 0 spiro atoms. The summed E-state index contributed by atoms with van der Waals surface area (Å²) in [5.41, 5.74) is 0. The summed E-state index contributed by atoms with van der Waals surface area (Å²) in [6.07, 6.45) is 2.68. The van der Waals surface area contributed by atoms with Crippen LogP contribution in [0.4, 0.5) is 0 Å². The number of carbonyl (C=O) groups excluding carboxylic acids is 1. The molecule has 1 amide bonds. The van der Waals surface area contributed by atoms with Gasteiger partial charge in [0.15, 0.2) is 0 Å².